The number of rotatable bonds is 3. The van der Waals surface area contributed by atoms with Gasteiger partial charge in [0.25, 0.3) is 0 Å². The van der Waals surface area contributed by atoms with Gasteiger partial charge in [0, 0.05) is 18.3 Å². The van der Waals surface area contributed by atoms with Gasteiger partial charge >= 0.3 is 0 Å². The Morgan fingerprint density at radius 1 is 1.47 bits per heavy atom. The SMILES string of the molecule is COc1ccnc(NC2CCCC2C)c1. The highest BCUT2D eigenvalue weighted by atomic mass is 16.5. The van der Waals surface area contributed by atoms with Gasteiger partial charge in [0.2, 0.25) is 0 Å². The van der Waals surface area contributed by atoms with E-state index >= 15 is 0 Å². The van der Waals surface area contributed by atoms with Gasteiger partial charge in [0.1, 0.15) is 11.6 Å². The lowest BCUT2D eigenvalue weighted by Crippen LogP contribution is -2.22. The Balaban J connectivity index is 2.03. The lowest BCUT2D eigenvalue weighted by molar-refractivity contribution is 0.414. The lowest BCUT2D eigenvalue weighted by Gasteiger charge is -2.18. The first kappa shape index (κ1) is 10.3. The Morgan fingerprint density at radius 3 is 3.00 bits per heavy atom. The van der Waals surface area contributed by atoms with Crippen molar-refractivity contribution >= 4 is 5.82 Å². The maximum absolute atomic E-state index is 5.17. The monoisotopic (exact) mass is 206 g/mol. The molecule has 1 aliphatic rings. The maximum atomic E-state index is 5.17. The highest BCUT2D eigenvalue weighted by molar-refractivity contribution is 5.41. The molecule has 0 aromatic carbocycles. The second-order valence-corrected chi connectivity index (χ2v) is 4.24. The summed E-state index contributed by atoms with van der Waals surface area (Å²) < 4.78 is 5.17. The summed E-state index contributed by atoms with van der Waals surface area (Å²) in [5, 5.41) is 3.47. The molecule has 2 atom stereocenters. The number of anilines is 1. The molecule has 0 bridgehead atoms. The van der Waals surface area contributed by atoms with E-state index in [0.717, 1.165) is 17.5 Å². The molecular weight excluding hydrogens is 188 g/mol. The average molecular weight is 206 g/mol. The van der Waals surface area contributed by atoms with Crippen LogP contribution in [-0.4, -0.2) is 18.1 Å². The molecule has 0 radical (unpaired) electrons. The zero-order valence-electron chi connectivity index (χ0n) is 9.36. The first-order valence-electron chi connectivity index (χ1n) is 5.56. The standard InChI is InChI=1S/C12H18N2O/c1-9-4-3-5-11(9)14-12-8-10(15-2)6-7-13-12/h6-9,11H,3-5H2,1-2H3,(H,13,14). The van der Waals surface area contributed by atoms with Crippen LogP contribution in [0.15, 0.2) is 18.3 Å². The van der Waals surface area contributed by atoms with Gasteiger partial charge < -0.3 is 10.1 Å². The minimum absolute atomic E-state index is 0.574. The lowest BCUT2D eigenvalue weighted by atomic mass is 10.1. The Hall–Kier alpha value is -1.25. The van der Waals surface area contributed by atoms with Crippen molar-refractivity contribution in [2.45, 2.75) is 32.2 Å². The molecule has 0 aliphatic heterocycles. The first-order chi connectivity index (χ1) is 7.29. The highest BCUT2D eigenvalue weighted by Crippen LogP contribution is 2.28. The van der Waals surface area contributed by atoms with Crippen LogP contribution in [0.5, 0.6) is 5.75 Å². The number of aromatic nitrogens is 1. The van der Waals surface area contributed by atoms with E-state index in [0.29, 0.717) is 6.04 Å². The number of pyridine rings is 1. The van der Waals surface area contributed by atoms with E-state index in [1.807, 2.05) is 12.1 Å². The molecule has 1 fully saturated rings. The quantitative estimate of drug-likeness (QED) is 0.825. The highest BCUT2D eigenvalue weighted by Gasteiger charge is 2.23. The minimum atomic E-state index is 0.574. The van der Waals surface area contributed by atoms with E-state index in [1.165, 1.54) is 19.3 Å². The summed E-state index contributed by atoms with van der Waals surface area (Å²) in [6, 6.07) is 4.39. The van der Waals surface area contributed by atoms with Crippen LogP contribution in [0, 0.1) is 5.92 Å². The van der Waals surface area contributed by atoms with Crippen LogP contribution in [-0.2, 0) is 0 Å². The van der Waals surface area contributed by atoms with E-state index in [2.05, 4.69) is 17.2 Å². The van der Waals surface area contributed by atoms with E-state index in [9.17, 15) is 0 Å². The molecule has 1 aromatic heterocycles. The van der Waals surface area contributed by atoms with Gasteiger partial charge in [0.15, 0.2) is 0 Å². The predicted molar refractivity (Wildman–Crippen MR) is 61.2 cm³/mol. The molecule has 82 valence electrons. The van der Waals surface area contributed by atoms with Crippen molar-refractivity contribution < 1.29 is 4.74 Å². The predicted octanol–water partition coefficient (Wildman–Crippen LogP) is 2.69. The summed E-state index contributed by atoms with van der Waals surface area (Å²) in [7, 11) is 1.68. The van der Waals surface area contributed by atoms with Gasteiger partial charge in [-0.05, 0) is 24.8 Å². The second kappa shape index (κ2) is 4.51. The van der Waals surface area contributed by atoms with Crippen LogP contribution in [0.4, 0.5) is 5.82 Å². The third-order valence-corrected chi connectivity index (χ3v) is 3.16. The van der Waals surface area contributed by atoms with Crippen LogP contribution in [0.25, 0.3) is 0 Å². The van der Waals surface area contributed by atoms with Crippen LogP contribution in [0.2, 0.25) is 0 Å². The van der Waals surface area contributed by atoms with Crippen LogP contribution in [0.1, 0.15) is 26.2 Å². The van der Waals surface area contributed by atoms with E-state index < -0.39 is 0 Å². The number of nitrogens with zero attached hydrogens (tertiary/aromatic N) is 1. The van der Waals surface area contributed by atoms with Crippen molar-refractivity contribution in [1.82, 2.24) is 4.98 Å². The van der Waals surface area contributed by atoms with Gasteiger partial charge in [-0.2, -0.15) is 0 Å². The van der Waals surface area contributed by atoms with Gasteiger partial charge in [-0.3, -0.25) is 0 Å². The van der Waals surface area contributed by atoms with Crippen molar-refractivity contribution in [2.75, 3.05) is 12.4 Å². The Labute approximate surface area is 90.9 Å². The maximum Gasteiger partial charge on any atom is 0.129 e. The molecule has 2 rings (SSSR count). The fourth-order valence-corrected chi connectivity index (χ4v) is 2.17. The largest absolute Gasteiger partial charge is 0.497 e. The average Bonchev–Trinajstić information content (AvgIpc) is 2.65. The number of ether oxygens (including phenoxy) is 1. The smallest absolute Gasteiger partial charge is 0.129 e. The topological polar surface area (TPSA) is 34.1 Å². The van der Waals surface area contributed by atoms with E-state index in [-0.39, 0.29) is 0 Å². The molecule has 3 nitrogen and oxygen atoms in total. The molecule has 1 N–H and O–H groups in total. The fraction of sp³-hybridized carbons (Fsp3) is 0.583. The zero-order chi connectivity index (χ0) is 10.7. The first-order valence-corrected chi connectivity index (χ1v) is 5.56. The zero-order valence-corrected chi connectivity index (χ0v) is 9.36. The van der Waals surface area contributed by atoms with Crippen molar-refractivity contribution in [3.05, 3.63) is 18.3 Å². The number of nitrogens with one attached hydrogen (secondary N) is 1. The molecule has 1 aliphatic carbocycles. The van der Waals surface area contributed by atoms with Crippen LogP contribution < -0.4 is 10.1 Å². The summed E-state index contributed by atoms with van der Waals surface area (Å²) in [6.45, 7) is 2.30. The van der Waals surface area contributed by atoms with Crippen LogP contribution >= 0.6 is 0 Å². The summed E-state index contributed by atoms with van der Waals surface area (Å²) in [5.41, 5.74) is 0. The normalized spacial score (nSPS) is 25.2. The summed E-state index contributed by atoms with van der Waals surface area (Å²) >= 11 is 0. The van der Waals surface area contributed by atoms with Crippen molar-refractivity contribution in [3.8, 4) is 5.75 Å². The third-order valence-electron chi connectivity index (χ3n) is 3.16. The van der Waals surface area contributed by atoms with Crippen LogP contribution in [0.3, 0.4) is 0 Å². The summed E-state index contributed by atoms with van der Waals surface area (Å²) in [5.74, 6) is 2.53. The van der Waals surface area contributed by atoms with E-state index in [1.54, 1.807) is 13.3 Å². The number of hydrogen-bond donors (Lipinski definition) is 1. The van der Waals surface area contributed by atoms with E-state index in [4.69, 9.17) is 4.74 Å². The second-order valence-electron chi connectivity index (χ2n) is 4.24. The molecule has 0 spiro atoms. The van der Waals surface area contributed by atoms with Gasteiger partial charge in [0.05, 0.1) is 7.11 Å². The molecule has 0 saturated heterocycles. The van der Waals surface area contributed by atoms with Gasteiger partial charge in [-0.1, -0.05) is 13.3 Å². The molecule has 1 aromatic rings. The molecular formula is C12H18N2O. The minimum Gasteiger partial charge on any atom is -0.497 e. The number of methoxy groups -OCH3 is 1. The molecule has 2 unspecified atom stereocenters. The van der Waals surface area contributed by atoms with Crippen molar-refractivity contribution in [3.63, 3.8) is 0 Å². The molecule has 15 heavy (non-hydrogen) atoms. The summed E-state index contributed by atoms with van der Waals surface area (Å²) in [6.07, 6.45) is 5.67. The molecule has 0 amide bonds. The Bertz CT molecular complexity index is 327. The molecule has 1 heterocycles. The van der Waals surface area contributed by atoms with Crippen molar-refractivity contribution in [2.24, 2.45) is 5.92 Å². The Kier molecular flexibility index (Phi) is 3.09. The Morgan fingerprint density at radius 2 is 2.33 bits per heavy atom. The number of hydrogen-bond acceptors (Lipinski definition) is 3. The summed E-state index contributed by atoms with van der Waals surface area (Å²) in [4.78, 5) is 4.29. The van der Waals surface area contributed by atoms with Gasteiger partial charge in [-0.25, -0.2) is 4.98 Å². The molecule has 1 saturated carbocycles. The van der Waals surface area contributed by atoms with Gasteiger partial charge in [-0.15, -0.1) is 0 Å². The molecule has 3 heteroatoms. The van der Waals surface area contributed by atoms with Crippen molar-refractivity contribution in [1.29, 1.82) is 0 Å². The fourth-order valence-electron chi connectivity index (χ4n) is 2.17. The third kappa shape index (κ3) is 2.41.